The molecule has 1 nitrogen and oxygen atoms in total. The molecule has 0 saturated heterocycles. The van der Waals surface area contributed by atoms with Crippen molar-refractivity contribution in [1.82, 2.24) is 0 Å². The predicted molar refractivity (Wildman–Crippen MR) is 220 cm³/mol. The Labute approximate surface area is 346 Å². The molecule has 1 unspecified atom stereocenters. The normalized spacial score (nSPS) is 23.8. The van der Waals surface area contributed by atoms with Crippen molar-refractivity contribution in [3.05, 3.63) is 180 Å². The molecule has 0 bridgehead atoms. The first-order chi connectivity index (χ1) is 38.5. The van der Waals surface area contributed by atoms with E-state index >= 15 is 0 Å². The van der Waals surface area contributed by atoms with E-state index in [1.165, 1.54) is 0 Å². The molecule has 0 N–H and O–H groups in total. The highest BCUT2D eigenvalue weighted by Gasteiger charge is 2.37. The van der Waals surface area contributed by atoms with Gasteiger partial charge in [-0.15, -0.1) is 0 Å². The zero-order chi connectivity index (χ0) is 61.4. The summed E-state index contributed by atoms with van der Waals surface area (Å²) in [7, 11) is 0. The third-order valence-corrected chi connectivity index (χ3v) is 9.26. The highest BCUT2D eigenvalue weighted by atomic mass is 16.3. The van der Waals surface area contributed by atoms with Crippen LogP contribution in [0, 0.1) is 0 Å². The predicted octanol–water partition coefficient (Wildman–Crippen LogP) is 14.4. The molecule has 1 atom stereocenters. The van der Waals surface area contributed by atoms with Crippen molar-refractivity contribution in [3.8, 4) is 44.5 Å². The SMILES string of the molecule is [2H]c1c([2H])c(-c2c([2H])c([2H])c([2H])c3c2C(C)(C([2H])([2H])[2H])c2c([2H])c([2H])c([2H])c([2H])c2-3)c([2H])c(-c2c3c([2H])c([2H])c([2H])c([2H])c3c(-c3c([2H])c([2H])c4oc5c([2H])c([2H])c6c([2H])c([2H])c([2H])c([2H])c6c5c4c3[2H])c3c([2H])c([2H])c([2H])c([2H])c23)c1[2H]. The number of furan rings is 1. The van der Waals surface area contributed by atoms with Gasteiger partial charge in [-0.1, -0.05) is 159 Å². The number of benzene rings is 9. The maximum absolute atomic E-state index is 10.1. The van der Waals surface area contributed by atoms with Crippen LogP contribution in [0.1, 0.15) is 67.4 Å². The summed E-state index contributed by atoms with van der Waals surface area (Å²) in [5.41, 5.74) is -11.7. The summed E-state index contributed by atoms with van der Waals surface area (Å²) in [6.45, 7) is -2.39. The summed E-state index contributed by atoms with van der Waals surface area (Å²) in [4.78, 5) is 0. The lowest BCUT2D eigenvalue weighted by Gasteiger charge is -2.25. The monoisotopic (exact) mass is 693 g/mol. The average molecular weight is 694 g/mol. The fourth-order valence-electron chi connectivity index (χ4n) is 7.08. The van der Waals surface area contributed by atoms with E-state index < -0.39 is 291 Å². The second-order valence-electron chi connectivity index (χ2n) is 12.1. The van der Waals surface area contributed by atoms with Gasteiger partial charge in [-0.2, -0.15) is 0 Å². The van der Waals surface area contributed by atoms with Crippen LogP contribution < -0.4 is 0 Å². The Morgan fingerprint density at radius 3 is 1.79 bits per heavy atom. The highest BCUT2D eigenvalue weighted by Crippen LogP contribution is 2.53. The van der Waals surface area contributed by atoms with Crippen molar-refractivity contribution in [3.63, 3.8) is 0 Å². The first-order valence-corrected chi connectivity index (χ1v) is 15.7. The van der Waals surface area contributed by atoms with Gasteiger partial charge >= 0.3 is 0 Å². The van der Waals surface area contributed by atoms with Crippen LogP contribution in [-0.2, 0) is 5.41 Å². The van der Waals surface area contributed by atoms with Gasteiger partial charge in [-0.3, -0.25) is 0 Å². The van der Waals surface area contributed by atoms with Crippen LogP contribution in [0.3, 0.4) is 0 Å². The van der Waals surface area contributed by atoms with Gasteiger partial charge in [0.05, 0.1) is 38.4 Å². The minimum absolute atomic E-state index is 0.439. The van der Waals surface area contributed by atoms with Crippen LogP contribution in [0.5, 0.6) is 0 Å². The average Bonchev–Trinajstić information content (AvgIpc) is 1.77. The molecule has 1 heterocycles. The lowest BCUT2D eigenvalue weighted by molar-refractivity contribution is 0.662. The molecule has 10 aromatic rings. The van der Waals surface area contributed by atoms with Crippen molar-refractivity contribution in [2.75, 3.05) is 0 Å². The summed E-state index contributed by atoms with van der Waals surface area (Å²) < 4.78 is 290. The zero-order valence-corrected chi connectivity index (χ0v) is 26.4. The Hall–Kier alpha value is -6.44. The summed E-state index contributed by atoms with van der Waals surface area (Å²) in [5, 5.41) is -5.28. The minimum Gasteiger partial charge on any atom is -0.456 e. The first-order valence-electron chi connectivity index (χ1n) is 31.2. The molecule has 0 aliphatic heterocycles. The lowest BCUT2D eigenvalue weighted by Crippen LogP contribution is -2.16. The third kappa shape index (κ3) is 4.05. The molecule has 1 aliphatic carbocycles. The van der Waals surface area contributed by atoms with Crippen molar-refractivity contribution in [2.45, 2.75) is 19.2 Å². The van der Waals surface area contributed by atoms with Gasteiger partial charge in [0, 0.05) is 20.3 Å². The quantitative estimate of drug-likeness (QED) is 0.168. The number of fused-ring (bicyclic) bond motifs is 10. The molecule has 1 aromatic heterocycles. The standard InChI is InChI=1S/C51H34O/c1-51(2)44-24-10-9-17-37(44)42-23-12-22-36(50(42)51)32-14-11-15-33(29-32)47-38-18-5-7-20-40(38)48(41-21-8-6-19-39(41)47)34-26-27-45-43(30-34)49-35-16-4-3-13-31(35)25-28-46(49)52-45/h3-30H,1-2H3/i1D3,3D,4D,5D,6D,7D,8D,9D,10D,11D,12D,13D,14D,15D,16D,17D,18D,19D,20D,21D,22D,23D,24D,25D,26D,27D,28D,29D,30D. The maximum Gasteiger partial charge on any atom is 0.136 e. The van der Waals surface area contributed by atoms with Gasteiger partial charge in [0.15, 0.2) is 0 Å². The zero-order valence-electron chi connectivity index (χ0n) is 57.4. The van der Waals surface area contributed by atoms with Gasteiger partial charge in [0.1, 0.15) is 11.2 Å². The van der Waals surface area contributed by atoms with E-state index in [0.29, 0.717) is 0 Å². The largest absolute Gasteiger partial charge is 0.456 e. The van der Waals surface area contributed by atoms with Crippen LogP contribution in [0.2, 0.25) is 0 Å². The molecule has 0 spiro atoms. The second-order valence-corrected chi connectivity index (χ2v) is 12.1. The second kappa shape index (κ2) is 10.8. The van der Waals surface area contributed by atoms with Crippen molar-refractivity contribution in [1.29, 1.82) is 0 Å². The Morgan fingerprint density at radius 1 is 0.462 bits per heavy atom. The van der Waals surface area contributed by atoms with E-state index in [1.807, 2.05) is 0 Å². The van der Waals surface area contributed by atoms with Crippen LogP contribution in [-0.4, -0.2) is 0 Å². The van der Waals surface area contributed by atoms with Gasteiger partial charge in [0.2, 0.25) is 0 Å². The highest BCUT2D eigenvalue weighted by molar-refractivity contribution is 6.23. The molecule has 9 aromatic carbocycles. The van der Waals surface area contributed by atoms with Gasteiger partial charge < -0.3 is 4.42 Å². The molecular formula is C51H34O. The summed E-state index contributed by atoms with van der Waals surface area (Å²) in [6, 6.07) is -27.3. The number of rotatable bonds is 3. The van der Waals surface area contributed by atoms with E-state index in [4.69, 9.17) is 30.5 Å². The summed E-state index contributed by atoms with van der Waals surface area (Å²) in [6.07, 6.45) is 0. The molecule has 1 aliphatic rings. The lowest BCUT2D eigenvalue weighted by atomic mass is 9.78. The Kier molecular flexibility index (Phi) is 2.50. The van der Waals surface area contributed by atoms with Gasteiger partial charge in [0.25, 0.3) is 0 Å². The summed E-state index contributed by atoms with van der Waals surface area (Å²) >= 11 is 0. The van der Waals surface area contributed by atoms with E-state index in [0.717, 1.165) is 6.92 Å². The molecule has 11 rings (SSSR count). The molecule has 52 heavy (non-hydrogen) atoms. The van der Waals surface area contributed by atoms with Gasteiger partial charge in [-0.25, -0.2) is 0 Å². The van der Waals surface area contributed by atoms with Crippen LogP contribution in [0.4, 0.5) is 0 Å². The van der Waals surface area contributed by atoms with E-state index in [9.17, 15) is 16.4 Å². The smallest absolute Gasteiger partial charge is 0.136 e. The van der Waals surface area contributed by atoms with Crippen LogP contribution >= 0.6 is 0 Å². The van der Waals surface area contributed by atoms with E-state index in [1.54, 1.807) is 0 Å². The van der Waals surface area contributed by atoms with E-state index in [2.05, 4.69) is 0 Å². The topological polar surface area (TPSA) is 13.1 Å². The van der Waals surface area contributed by atoms with Crippen LogP contribution in [0.25, 0.3) is 98.8 Å². The molecule has 0 radical (unpaired) electrons. The van der Waals surface area contributed by atoms with Crippen LogP contribution in [0.15, 0.2) is 174 Å². The van der Waals surface area contributed by atoms with Gasteiger partial charge in [-0.05, 0) is 112 Å². The summed E-state index contributed by atoms with van der Waals surface area (Å²) in [5.74, 6) is 0. The first kappa shape index (κ1) is 12.1. The molecule has 1 heteroatoms. The fourth-order valence-corrected chi connectivity index (χ4v) is 7.08. The maximum atomic E-state index is 10.1. The molecular weight excluding hydrogens is 629 g/mol. The minimum atomic E-state index is -3.40. The number of hydrogen-bond acceptors (Lipinski definition) is 1. The van der Waals surface area contributed by atoms with Crippen molar-refractivity contribution < 1.29 is 46.9 Å². The Balaban J connectivity index is 1.40. The molecule has 0 amide bonds. The van der Waals surface area contributed by atoms with E-state index in [-0.39, 0.29) is 0 Å². The number of hydrogen-bond donors (Lipinski definition) is 0. The van der Waals surface area contributed by atoms with Crippen molar-refractivity contribution in [2.24, 2.45) is 0 Å². The Bertz CT molecular complexity index is 4740. The molecule has 0 saturated carbocycles. The Morgan fingerprint density at radius 2 is 1.04 bits per heavy atom. The molecule has 0 fully saturated rings. The van der Waals surface area contributed by atoms with Crippen molar-refractivity contribution >= 4 is 54.3 Å². The fraction of sp³-hybridized carbons (Fsp3) is 0.0588. The molecule has 244 valence electrons. The third-order valence-electron chi connectivity index (χ3n) is 9.26.